The van der Waals surface area contributed by atoms with Crippen molar-refractivity contribution in [1.29, 1.82) is 0 Å². The fourth-order valence-corrected chi connectivity index (χ4v) is 4.99. The van der Waals surface area contributed by atoms with Crippen LogP contribution in [0.2, 0.25) is 0 Å². The maximum atomic E-state index is 13.0. The van der Waals surface area contributed by atoms with Crippen molar-refractivity contribution in [2.75, 3.05) is 17.2 Å². The van der Waals surface area contributed by atoms with E-state index < -0.39 is 5.97 Å². The minimum Gasteiger partial charge on any atom is -0.462 e. The summed E-state index contributed by atoms with van der Waals surface area (Å²) in [7, 11) is 1.93. The highest BCUT2D eigenvalue weighted by atomic mass is 32.1. The summed E-state index contributed by atoms with van der Waals surface area (Å²) in [5, 5.41) is 6.97. The molecule has 0 spiro atoms. The van der Waals surface area contributed by atoms with Crippen LogP contribution in [0, 0.1) is 6.92 Å². The molecule has 8 heteroatoms. The minimum absolute atomic E-state index is 0.131. The molecule has 2 amide bonds. The van der Waals surface area contributed by atoms with E-state index >= 15 is 0 Å². The first-order chi connectivity index (χ1) is 16.4. The molecule has 4 aromatic rings. The molecule has 2 heterocycles. The van der Waals surface area contributed by atoms with Crippen LogP contribution in [-0.2, 0) is 23.0 Å². The number of ether oxygens (including phenoxy) is 1. The number of nitrogens with zero attached hydrogens (tertiary/aromatic N) is 1. The summed E-state index contributed by atoms with van der Waals surface area (Å²) in [4.78, 5) is 39.0. The topological polar surface area (TPSA) is 89.4 Å². The molecule has 2 aromatic carbocycles. The quantitative estimate of drug-likeness (QED) is 0.362. The van der Waals surface area contributed by atoms with Crippen LogP contribution >= 0.6 is 11.3 Å². The Morgan fingerprint density at radius 1 is 1.00 bits per heavy atom. The molecule has 2 N–H and O–H groups in total. The first kappa shape index (κ1) is 23.3. The highest BCUT2D eigenvalue weighted by Gasteiger charge is 2.27. The molecule has 0 fully saturated rings. The highest BCUT2D eigenvalue weighted by Crippen LogP contribution is 2.34. The van der Waals surface area contributed by atoms with E-state index in [-0.39, 0.29) is 30.4 Å². The van der Waals surface area contributed by atoms with Crippen molar-refractivity contribution in [2.45, 2.75) is 20.3 Å². The number of amides is 2. The number of para-hydroxylation sites is 2. The Morgan fingerprint density at radius 2 is 1.71 bits per heavy atom. The van der Waals surface area contributed by atoms with Crippen LogP contribution in [0.25, 0.3) is 10.9 Å². The van der Waals surface area contributed by atoms with Gasteiger partial charge in [-0.15, -0.1) is 11.3 Å². The number of hydrogen-bond acceptors (Lipinski definition) is 5. The SMILES string of the molecule is CCOC(=O)c1c(NC(=O)Cc2cn(C)c3ccccc23)sc(C(=O)Nc2ccccc2)c1C. The number of esters is 1. The van der Waals surface area contributed by atoms with Gasteiger partial charge < -0.3 is 19.9 Å². The first-order valence-electron chi connectivity index (χ1n) is 10.9. The molecule has 0 saturated carbocycles. The van der Waals surface area contributed by atoms with Gasteiger partial charge in [-0.25, -0.2) is 4.79 Å². The molecule has 7 nitrogen and oxygen atoms in total. The minimum atomic E-state index is -0.574. The third-order valence-corrected chi connectivity index (χ3v) is 6.65. The number of fused-ring (bicyclic) bond motifs is 1. The van der Waals surface area contributed by atoms with Gasteiger partial charge in [0.1, 0.15) is 5.00 Å². The average molecular weight is 476 g/mol. The van der Waals surface area contributed by atoms with E-state index in [4.69, 9.17) is 4.74 Å². The lowest BCUT2D eigenvalue weighted by Gasteiger charge is -2.07. The molecule has 34 heavy (non-hydrogen) atoms. The lowest BCUT2D eigenvalue weighted by atomic mass is 10.1. The van der Waals surface area contributed by atoms with Gasteiger partial charge in [-0.2, -0.15) is 0 Å². The van der Waals surface area contributed by atoms with Crippen LogP contribution in [0.4, 0.5) is 10.7 Å². The van der Waals surface area contributed by atoms with Crippen molar-refractivity contribution < 1.29 is 19.1 Å². The normalized spacial score (nSPS) is 10.8. The van der Waals surface area contributed by atoms with Crippen molar-refractivity contribution >= 4 is 50.7 Å². The van der Waals surface area contributed by atoms with E-state index in [1.54, 1.807) is 26.0 Å². The van der Waals surface area contributed by atoms with Crippen molar-refractivity contribution in [3.05, 3.63) is 82.4 Å². The second kappa shape index (κ2) is 9.93. The summed E-state index contributed by atoms with van der Waals surface area (Å²) in [6.07, 6.45) is 2.06. The Kier molecular flexibility index (Phi) is 6.79. The number of carbonyl (C=O) groups is 3. The molecule has 0 saturated heterocycles. The molecule has 0 aliphatic heterocycles. The number of hydrogen-bond donors (Lipinski definition) is 2. The van der Waals surface area contributed by atoms with E-state index in [0.717, 1.165) is 27.8 Å². The van der Waals surface area contributed by atoms with Gasteiger partial charge >= 0.3 is 5.97 Å². The second-order valence-electron chi connectivity index (χ2n) is 7.81. The summed E-state index contributed by atoms with van der Waals surface area (Å²) in [6.45, 7) is 3.58. The fraction of sp³-hybridized carbons (Fsp3) is 0.192. The molecule has 0 bridgehead atoms. The number of benzene rings is 2. The molecular weight excluding hydrogens is 450 g/mol. The van der Waals surface area contributed by atoms with Gasteiger partial charge in [0.25, 0.3) is 5.91 Å². The zero-order chi connectivity index (χ0) is 24.2. The van der Waals surface area contributed by atoms with Crippen LogP contribution in [0.1, 0.15) is 38.1 Å². The Balaban J connectivity index is 1.61. The van der Waals surface area contributed by atoms with Gasteiger partial charge in [-0.1, -0.05) is 36.4 Å². The van der Waals surface area contributed by atoms with E-state index in [1.165, 1.54) is 0 Å². The number of anilines is 2. The predicted molar refractivity (Wildman–Crippen MR) is 135 cm³/mol. The van der Waals surface area contributed by atoms with Crippen LogP contribution in [-0.4, -0.2) is 29.0 Å². The third-order valence-electron chi connectivity index (χ3n) is 5.45. The molecule has 0 radical (unpaired) electrons. The van der Waals surface area contributed by atoms with E-state index in [1.807, 2.05) is 60.3 Å². The second-order valence-corrected chi connectivity index (χ2v) is 8.83. The summed E-state index contributed by atoms with van der Waals surface area (Å²) in [5.41, 5.74) is 3.22. The van der Waals surface area contributed by atoms with Crippen molar-refractivity contribution in [2.24, 2.45) is 7.05 Å². The fourth-order valence-electron chi connectivity index (χ4n) is 3.89. The summed E-state index contributed by atoms with van der Waals surface area (Å²) < 4.78 is 7.18. The Labute approximate surface area is 201 Å². The number of aryl methyl sites for hydroxylation is 1. The lowest BCUT2D eigenvalue weighted by Crippen LogP contribution is -2.16. The van der Waals surface area contributed by atoms with E-state index in [2.05, 4.69) is 10.6 Å². The number of carbonyl (C=O) groups excluding carboxylic acids is 3. The maximum Gasteiger partial charge on any atom is 0.341 e. The van der Waals surface area contributed by atoms with Gasteiger partial charge in [0.05, 0.1) is 23.5 Å². The highest BCUT2D eigenvalue weighted by molar-refractivity contribution is 7.19. The van der Waals surface area contributed by atoms with Gasteiger partial charge in [0.15, 0.2) is 0 Å². The van der Waals surface area contributed by atoms with Crippen molar-refractivity contribution in [3.63, 3.8) is 0 Å². The molecule has 0 unspecified atom stereocenters. The lowest BCUT2D eigenvalue weighted by molar-refractivity contribution is -0.115. The Hall–Kier alpha value is -3.91. The number of aromatic nitrogens is 1. The standard InChI is InChI=1S/C26H25N3O4S/c1-4-33-26(32)22-16(2)23(24(31)27-18-10-6-5-7-11-18)34-25(22)28-21(30)14-17-15-29(3)20-13-9-8-12-19(17)20/h5-13,15H,4,14H2,1-3H3,(H,27,31)(H,28,30). The van der Waals surface area contributed by atoms with Crippen molar-refractivity contribution in [1.82, 2.24) is 4.57 Å². The van der Waals surface area contributed by atoms with Gasteiger partial charge in [0.2, 0.25) is 5.91 Å². The third kappa shape index (κ3) is 4.72. The summed E-state index contributed by atoms with van der Waals surface area (Å²) in [5.74, 6) is -1.21. The van der Waals surface area contributed by atoms with Gasteiger partial charge in [-0.3, -0.25) is 9.59 Å². The Bertz CT molecular complexity index is 1370. The molecule has 0 atom stereocenters. The van der Waals surface area contributed by atoms with Crippen LogP contribution in [0.3, 0.4) is 0 Å². The average Bonchev–Trinajstić information content (AvgIpc) is 3.31. The maximum absolute atomic E-state index is 13.0. The predicted octanol–water partition coefficient (Wildman–Crippen LogP) is 5.16. The zero-order valence-electron chi connectivity index (χ0n) is 19.2. The van der Waals surface area contributed by atoms with E-state index in [0.29, 0.717) is 21.1 Å². The van der Waals surface area contributed by atoms with Crippen LogP contribution in [0.5, 0.6) is 0 Å². The largest absolute Gasteiger partial charge is 0.462 e. The molecule has 0 aliphatic rings. The smallest absolute Gasteiger partial charge is 0.341 e. The van der Waals surface area contributed by atoms with Crippen LogP contribution < -0.4 is 10.6 Å². The number of rotatable bonds is 7. The molecule has 2 aromatic heterocycles. The summed E-state index contributed by atoms with van der Waals surface area (Å²) >= 11 is 1.07. The first-order valence-corrected chi connectivity index (χ1v) is 11.7. The van der Waals surface area contributed by atoms with Gasteiger partial charge in [0, 0.05) is 29.8 Å². The van der Waals surface area contributed by atoms with Crippen LogP contribution in [0.15, 0.2) is 60.8 Å². The van der Waals surface area contributed by atoms with E-state index in [9.17, 15) is 14.4 Å². The van der Waals surface area contributed by atoms with Crippen molar-refractivity contribution in [3.8, 4) is 0 Å². The zero-order valence-corrected chi connectivity index (χ0v) is 20.0. The van der Waals surface area contributed by atoms with Gasteiger partial charge in [-0.05, 0) is 43.2 Å². The molecule has 0 aliphatic carbocycles. The molecule has 4 rings (SSSR count). The number of thiophene rings is 1. The molecular formula is C26H25N3O4S. The summed E-state index contributed by atoms with van der Waals surface area (Å²) in [6, 6.07) is 16.9. The Morgan fingerprint density at radius 3 is 2.44 bits per heavy atom. The number of nitrogens with one attached hydrogen (secondary N) is 2. The molecule has 174 valence electrons. The monoisotopic (exact) mass is 475 g/mol.